The zero-order chi connectivity index (χ0) is 17.5. The first-order valence-electron chi connectivity index (χ1n) is 7.19. The molecule has 0 unspecified atom stereocenters. The summed E-state index contributed by atoms with van der Waals surface area (Å²) >= 11 is 1.35. The highest BCUT2D eigenvalue weighted by molar-refractivity contribution is 7.98. The van der Waals surface area contributed by atoms with E-state index in [1.54, 1.807) is 25.1 Å². The molecule has 0 amide bonds. The monoisotopic (exact) mass is 347 g/mol. The second kappa shape index (κ2) is 8.30. The van der Waals surface area contributed by atoms with Crippen molar-refractivity contribution in [3.05, 3.63) is 47.2 Å². The number of aromatic carboxylic acids is 1. The molecular weight excluding hydrogens is 330 g/mol. The number of anilines is 1. The van der Waals surface area contributed by atoms with Gasteiger partial charge in [0.05, 0.1) is 12.2 Å². The largest absolute Gasteiger partial charge is 0.478 e. The maximum absolute atomic E-state index is 12.0. The van der Waals surface area contributed by atoms with E-state index in [-0.39, 0.29) is 17.7 Å². The van der Waals surface area contributed by atoms with Gasteiger partial charge in [-0.05, 0) is 30.9 Å². The summed E-state index contributed by atoms with van der Waals surface area (Å²) in [4.78, 5) is 31.4. The lowest BCUT2D eigenvalue weighted by molar-refractivity contribution is 0.0525. The highest BCUT2D eigenvalue weighted by Crippen LogP contribution is 2.18. The first-order chi connectivity index (χ1) is 11.5. The van der Waals surface area contributed by atoms with Crippen molar-refractivity contribution in [2.45, 2.75) is 18.6 Å². The molecule has 1 aromatic carbocycles. The molecule has 24 heavy (non-hydrogen) atoms. The quantitative estimate of drug-likeness (QED) is 0.448. The molecule has 0 fully saturated rings. The van der Waals surface area contributed by atoms with Crippen molar-refractivity contribution < 1.29 is 19.4 Å². The third-order valence-corrected chi connectivity index (χ3v) is 3.64. The van der Waals surface area contributed by atoms with Crippen LogP contribution in [0.2, 0.25) is 0 Å². The number of carbonyl (C=O) groups excluding carboxylic acids is 1. The number of carboxylic acid groups (broad SMARTS) is 1. The highest BCUT2D eigenvalue weighted by Gasteiger charge is 2.16. The van der Waals surface area contributed by atoms with Crippen LogP contribution >= 0.6 is 11.8 Å². The molecule has 1 aromatic heterocycles. The van der Waals surface area contributed by atoms with Gasteiger partial charge in [-0.25, -0.2) is 19.6 Å². The molecule has 0 spiro atoms. The summed E-state index contributed by atoms with van der Waals surface area (Å²) in [5, 5.41) is 12.6. The standard InChI is InChI=1S/C16H17N3O4S/c1-3-23-15(22)12-9-18-16(24-2)19-13(12)17-8-10-5-4-6-11(7-10)14(20)21/h4-7,9H,3,8H2,1-2H3,(H,20,21)(H,17,18,19). The lowest BCUT2D eigenvalue weighted by Crippen LogP contribution is -2.13. The smallest absolute Gasteiger partial charge is 0.343 e. The summed E-state index contributed by atoms with van der Waals surface area (Å²) in [5.41, 5.74) is 1.20. The van der Waals surface area contributed by atoms with E-state index in [0.717, 1.165) is 5.56 Å². The Morgan fingerprint density at radius 2 is 2.17 bits per heavy atom. The van der Waals surface area contributed by atoms with Crippen LogP contribution in [0.5, 0.6) is 0 Å². The predicted octanol–water partition coefficient (Wildman–Crippen LogP) is 2.69. The van der Waals surface area contributed by atoms with Crippen LogP contribution in [0.25, 0.3) is 0 Å². The number of hydrogen-bond acceptors (Lipinski definition) is 7. The van der Waals surface area contributed by atoms with Crippen LogP contribution < -0.4 is 5.32 Å². The number of nitrogens with one attached hydrogen (secondary N) is 1. The van der Waals surface area contributed by atoms with Gasteiger partial charge in [0.1, 0.15) is 11.4 Å². The van der Waals surface area contributed by atoms with Gasteiger partial charge in [-0.15, -0.1) is 0 Å². The number of rotatable bonds is 7. The predicted molar refractivity (Wildman–Crippen MR) is 90.5 cm³/mol. The van der Waals surface area contributed by atoms with Gasteiger partial charge in [0.15, 0.2) is 5.16 Å². The Kier molecular flexibility index (Phi) is 6.14. The van der Waals surface area contributed by atoms with Crippen LogP contribution in [0.1, 0.15) is 33.2 Å². The molecule has 0 bridgehead atoms. The van der Waals surface area contributed by atoms with E-state index in [2.05, 4.69) is 15.3 Å². The Bertz CT molecular complexity index is 752. The molecule has 1 heterocycles. The maximum atomic E-state index is 12.0. The van der Waals surface area contributed by atoms with Crippen molar-refractivity contribution in [2.24, 2.45) is 0 Å². The molecule has 0 aliphatic rings. The second-order valence-corrected chi connectivity index (χ2v) is 5.47. The van der Waals surface area contributed by atoms with Crippen LogP contribution in [-0.2, 0) is 11.3 Å². The average Bonchev–Trinajstić information content (AvgIpc) is 2.60. The number of benzene rings is 1. The molecule has 2 N–H and O–H groups in total. The van der Waals surface area contributed by atoms with Gasteiger partial charge in [0, 0.05) is 12.7 Å². The van der Waals surface area contributed by atoms with E-state index < -0.39 is 11.9 Å². The maximum Gasteiger partial charge on any atom is 0.343 e. The number of carboxylic acids is 1. The summed E-state index contributed by atoms with van der Waals surface area (Å²) in [5.74, 6) is -1.14. The molecule has 0 aliphatic carbocycles. The van der Waals surface area contributed by atoms with Crippen molar-refractivity contribution >= 4 is 29.5 Å². The van der Waals surface area contributed by atoms with Crippen LogP contribution in [0, 0.1) is 0 Å². The zero-order valence-electron chi connectivity index (χ0n) is 13.3. The first kappa shape index (κ1) is 17.7. The third kappa shape index (κ3) is 4.45. The number of ether oxygens (including phenoxy) is 1. The minimum Gasteiger partial charge on any atom is -0.478 e. The first-order valence-corrected chi connectivity index (χ1v) is 8.42. The molecule has 8 heteroatoms. The van der Waals surface area contributed by atoms with Crippen molar-refractivity contribution in [3.63, 3.8) is 0 Å². The molecule has 126 valence electrons. The molecule has 2 rings (SSSR count). The van der Waals surface area contributed by atoms with Gasteiger partial charge in [0.2, 0.25) is 0 Å². The van der Waals surface area contributed by atoms with E-state index >= 15 is 0 Å². The molecule has 0 radical (unpaired) electrons. The summed E-state index contributed by atoms with van der Waals surface area (Å²) < 4.78 is 5.00. The van der Waals surface area contributed by atoms with Crippen molar-refractivity contribution in [3.8, 4) is 0 Å². The zero-order valence-corrected chi connectivity index (χ0v) is 14.1. The topological polar surface area (TPSA) is 101 Å². The van der Waals surface area contributed by atoms with E-state index in [1.807, 2.05) is 6.26 Å². The lowest BCUT2D eigenvalue weighted by Gasteiger charge is -2.11. The van der Waals surface area contributed by atoms with Crippen LogP contribution in [0.4, 0.5) is 5.82 Å². The summed E-state index contributed by atoms with van der Waals surface area (Å²) in [7, 11) is 0. The van der Waals surface area contributed by atoms with Gasteiger partial charge >= 0.3 is 11.9 Å². The number of nitrogens with zero attached hydrogens (tertiary/aromatic N) is 2. The number of carbonyl (C=O) groups is 2. The SMILES string of the molecule is CCOC(=O)c1cnc(SC)nc1NCc1cccc(C(=O)O)c1. The van der Waals surface area contributed by atoms with Gasteiger partial charge in [0.25, 0.3) is 0 Å². The summed E-state index contributed by atoms with van der Waals surface area (Å²) in [6, 6.07) is 6.54. The van der Waals surface area contributed by atoms with E-state index in [4.69, 9.17) is 9.84 Å². The fraction of sp³-hybridized carbons (Fsp3) is 0.250. The van der Waals surface area contributed by atoms with Crippen molar-refractivity contribution in [1.82, 2.24) is 9.97 Å². The molecular formula is C16H17N3O4S. The number of esters is 1. The van der Waals surface area contributed by atoms with Crippen molar-refractivity contribution in [1.29, 1.82) is 0 Å². The molecule has 2 aromatic rings. The Balaban J connectivity index is 2.22. The lowest BCUT2D eigenvalue weighted by atomic mass is 10.1. The van der Waals surface area contributed by atoms with Gasteiger partial charge in [-0.1, -0.05) is 23.9 Å². The number of thioether (sulfide) groups is 1. The molecule has 0 saturated heterocycles. The van der Waals surface area contributed by atoms with E-state index in [1.165, 1.54) is 24.0 Å². The Morgan fingerprint density at radius 3 is 2.83 bits per heavy atom. The fourth-order valence-electron chi connectivity index (χ4n) is 1.96. The van der Waals surface area contributed by atoms with Crippen molar-refractivity contribution in [2.75, 3.05) is 18.2 Å². The number of aromatic nitrogens is 2. The molecule has 0 atom stereocenters. The summed E-state index contributed by atoms with van der Waals surface area (Å²) in [6.45, 7) is 2.29. The van der Waals surface area contributed by atoms with E-state index in [0.29, 0.717) is 17.5 Å². The molecule has 0 saturated carbocycles. The Labute approximate surface area is 143 Å². The average molecular weight is 347 g/mol. The summed E-state index contributed by atoms with van der Waals surface area (Å²) in [6.07, 6.45) is 3.26. The normalized spacial score (nSPS) is 10.2. The highest BCUT2D eigenvalue weighted by atomic mass is 32.2. The van der Waals surface area contributed by atoms with Gasteiger partial charge in [-0.3, -0.25) is 0 Å². The minimum absolute atomic E-state index is 0.201. The van der Waals surface area contributed by atoms with Crippen LogP contribution in [0.3, 0.4) is 0 Å². The van der Waals surface area contributed by atoms with Crippen LogP contribution in [0.15, 0.2) is 35.6 Å². The molecule has 7 nitrogen and oxygen atoms in total. The van der Waals surface area contributed by atoms with Gasteiger partial charge < -0.3 is 15.2 Å². The van der Waals surface area contributed by atoms with E-state index in [9.17, 15) is 9.59 Å². The Morgan fingerprint density at radius 1 is 1.38 bits per heavy atom. The molecule has 0 aliphatic heterocycles. The second-order valence-electron chi connectivity index (χ2n) is 4.70. The van der Waals surface area contributed by atoms with Crippen LogP contribution in [-0.4, -0.2) is 39.9 Å². The minimum atomic E-state index is -0.990. The number of hydrogen-bond donors (Lipinski definition) is 2. The third-order valence-electron chi connectivity index (χ3n) is 3.08. The van der Waals surface area contributed by atoms with Gasteiger partial charge in [-0.2, -0.15) is 0 Å². The fourth-order valence-corrected chi connectivity index (χ4v) is 2.30. The Hall–Kier alpha value is -2.61.